The molecule has 0 aliphatic carbocycles. The van der Waals surface area contributed by atoms with E-state index in [-0.39, 0.29) is 17.6 Å². The van der Waals surface area contributed by atoms with Gasteiger partial charge in [0.25, 0.3) is 5.91 Å². The number of hydrogen-bond donors (Lipinski definition) is 0. The summed E-state index contributed by atoms with van der Waals surface area (Å²) in [5.41, 5.74) is 1.21. The van der Waals surface area contributed by atoms with E-state index >= 15 is 0 Å². The number of benzene rings is 1. The number of halogens is 1. The Kier molecular flexibility index (Phi) is 4.12. The number of hydrazone groups is 1. The molecule has 1 heterocycles. The third kappa shape index (κ3) is 3.20. The Morgan fingerprint density at radius 2 is 2.00 bits per heavy atom. The first-order valence-electron chi connectivity index (χ1n) is 6.31. The molecule has 0 atom stereocenters. The third-order valence-corrected chi connectivity index (χ3v) is 3.13. The highest BCUT2D eigenvalue weighted by Crippen LogP contribution is 2.11. The summed E-state index contributed by atoms with van der Waals surface area (Å²) in [5, 5.41) is 5.19. The van der Waals surface area contributed by atoms with E-state index in [1.54, 1.807) is 19.2 Å². The van der Waals surface area contributed by atoms with Crippen LogP contribution in [0.4, 0.5) is 4.39 Å². The predicted octanol–water partition coefficient (Wildman–Crippen LogP) is 1.39. The van der Waals surface area contributed by atoms with Crippen LogP contribution in [0.2, 0.25) is 0 Å². The van der Waals surface area contributed by atoms with Gasteiger partial charge in [-0.15, -0.1) is 0 Å². The molecule has 1 aliphatic heterocycles. The summed E-state index contributed by atoms with van der Waals surface area (Å²) in [7, 11) is 3.19. The van der Waals surface area contributed by atoms with Crippen molar-refractivity contribution in [2.45, 2.75) is 19.4 Å². The smallest absolute Gasteiger partial charge is 0.270 e. The zero-order valence-electron chi connectivity index (χ0n) is 11.5. The normalized spacial score (nSPS) is 15.1. The molecule has 0 spiro atoms. The van der Waals surface area contributed by atoms with Crippen LogP contribution in [0.1, 0.15) is 18.4 Å². The zero-order chi connectivity index (χ0) is 14.7. The standard InChI is InChI=1S/C14H16FN3O2/c1-17(9-10-3-5-11(15)6-4-10)14(20)12-7-8-13(19)18(2)16-12/h3-6H,7-9H2,1-2H3. The summed E-state index contributed by atoms with van der Waals surface area (Å²) in [6.07, 6.45) is 0.654. The van der Waals surface area contributed by atoms with Gasteiger partial charge in [-0.05, 0) is 17.7 Å². The summed E-state index contributed by atoms with van der Waals surface area (Å²) in [6.45, 7) is 0.371. The van der Waals surface area contributed by atoms with E-state index in [1.165, 1.54) is 29.1 Å². The highest BCUT2D eigenvalue weighted by Gasteiger charge is 2.24. The minimum Gasteiger partial charge on any atom is -0.336 e. The van der Waals surface area contributed by atoms with Gasteiger partial charge in [0.15, 0.2) is 0 Å². The Balaban J connectivity index is 2.04. The van der Waals surface area contributed by atoms with Gasteiger partial charge in [-0.3, -0.25) is 9.59 Å². The van der Waals surface area contributed by atoms with Gasteiger partial charge >= 0.3 is 0 Å². The molecule has 106 valence electrons. The Morgan fingerprint density at radius 1 is 1.35 bits per heavy atom. The molecule has 1 aromatic rings. The van der Waals surface area contributed by atoms with Crippen LogP contribution in [0.5, 0.6) is 0 Å². The lowest BCUT2D eigenvalue weighted by Crippen LogP contribution is -2.38. The van der Waals surface area contributed by atoms with E-state index in [0.29, 0.717) is 25.1 Å². The molecule has 5 nitrogen and oxygen atoms in total. The molecule has 0 bridgehead atoms. The second-order valence-corrected chi connectivity index (χ2v) is 4.75. The lowest BCUT2D eigenvalue weighted by atomic mass is 10.1. The van der Waals surface area contributed by atoms with E-state index in [4.69, 9.17) is 0 Å². The van der Waals surface area contributed by atoms with Crippen LogP contribution in [0.15, 0.2) is 29.4 Å². The molecular weight excluding hydrogens is 261 g/mol. The number of carbonyl (C=O) groups excluding carboxylic acids is 2. The summed E-state index contributed by atoms with van der Waals surface area (Å²) in [5.74, 6) is -0.615. The van der Waals surface area contributed by atoms with Crippen LogP contribution in [0, 0.1) is 5.82 Å². The summed E-state index contributed by atoms with van der Waals surface area (Å²) in [6, 6.07) is 5.99. The lowest BCUT2D eigenvalue weighted by molar-refractivity contribution is -0.130. The maximum absolute atomic E-state index is 12.8. The molecule has 1 aromatic carbocycles. The molecule has 2 amide bonds. The average molecular weight is 277 g/mol. The van der Waals surface area contributed by atoms with E-state index in [0.717, 1.165) is 5.56 Å². The molecule has 0 saturated carbocycles. The first-order chi connectivity index (χ1) is 9.47. The fourth-order valence-electron chi connectivity index (χ4n) is 1.98. The van der Waals surface area contributed by atoms with Gasteiger partial charge in [0, 0.05) is 33.5 Å². The molecule has 6 heteroatoms. The van der Waals surface area contributed by atoms with Crippen molar-refractivity contribution in [3.05, 3.63) is 35.6 Å². The van der Waals surface area contributed by atoms with E-state index in [9.17, 15) is 14.0 Å². The molecule has 0 unspecified atom stereocenters. The minimum atomic E-state index is -0.306. The van der Waals surface area contributed by atoms with Crippen LogP contribution in [-0.4, -0.2) is 41.5 Å². The first-order valence-corrected chi connectivity index (χ1v) is 6.31. The maximum atomic E-state index is 12.8. The Labute approximate surface area is 116 Å². The molecule has 20 heavy (non-hydrogen) atoms. The Morgan fingerprint density at radius 3 is 2.60 bits per heavy atom. The van der Waals surface area contributed by atoms with Crippen LogP contribution in [0.25, 0.3) is 0 Å². The van der Waals surface area contributed by atoms with E-state index < -0.39 is 0 Å². The van der Waals surface area contributed by atoms with Crippen molar-refractivity contribution in [3.8, 4) is 0 Å². The van der Waals surface area contributed by atoms with Crippen molar-refractivity contribution in [1.82, 2.24) is 9.91 Å². The van der Waals surface area contributed by atoms with Crippen molar-refractivity contribution >= 4 is 17.5 Å². The van der Waals surface area contributed by atoms with Gasteiger partial charge in [0.1, 0.15) is 11.5 Å². The number of rotatable bonds is 3. The highest BCUT2D eigenvalue weighted by atomic mass is 19.1. The van der Waals surface area contributed by atoms with Crippen LogP contribution < -0.4 is 0 Å². The quantitative estimate of drug-likeness (QED) is 0.838. The molecule has 0 radical (unpaired) electrons. The molecule has 0 saturated heterocycles. The highest BCUT2D eigenvalue weighted by molar-refractivity contribution is 6.39. The number of hydrogen-bond acceptors (Lipinski definition) is 3. The SMILES string of the molecule is CN(Cc1ccc(F)cc1)C(=O)C1=NN(C)C(=O)CC1. The molecule has 1 aliphatic rings. The monoisotopic (exact) mass is 277 g/mol. The average Bonchev–Trinajstić information content (AvgIpc) is 2.43. The molecule has 2 rings (SSSR count). The van der Waals surface area contributed by atoms with E-state index in [1.807, 2.05) is 0 Å². The lowest BCUT2D eigenvalue weighted by Gasteiger charge is -2.23. The number of amides is 2. The molecule has 0 N–H and O–H groups in total. The summed E-state index contributed by atoms with van der Waals surface area (Å²) in [4.78, 5) is 25.0. The molecule has 0 aromatic heterocycles. The second-order valence-electron chi connectivity index (χ2n) is 4.75. The van der Waals surface area contributed by atoms with Crippen molar-refractivity contribution in [2.75, 3.05) is 14.1 Å². The van der Waals surface area contributed by atoms with Crippen molar-refractivity contribution in [1.29, 1.82) is 0 Å². The largest absolute Gasteiger partial charge is 0.336 e. The van der Waals surface area contributed by atoms with Gasteiger partial charge in [0.2, 0.25) is 5.91 Å². The van der Waals surface area contributed by atoms with Gasteiger partial charge in [-0.2, -0.15) is 5.10 Å². The van der Waals surface area contributed by atoms with Gasteiger partial charge in [-0.25, -0.2) is 9.40 Å². The van der Waals surface area contributed by atoms with Crippen molar-refractivity contribution in [3.63, 3.8) is 0 Å². The van der Waals surface area contributed by atoms with Crippen LogP contribution in [0.3, 0.4) is 0 Å². The number of carbonyl (C=O) groups is 2. The zero-order valence-corrected chi connectivity index (χ0v) is 11.5. The molecular formula is C14H16FN3O2. The second kappa shape index (κ2) is 5.81. The molecule has 0 fully saturated rings. The van der Waals surface area contributed by atoms with Crippen LogP contribution in [-0.2, 0) is 16.1 Å². The number of nitrogens with zero attached hydrogens (tertiary/aromatic N) is 3. The Hall–Kier alpha value is -2.24. The van der Waals surface area contributed by atoms with Crippen molar-refractivity contribution in [2.24, 2.45) is 5.10 Å². The fraction of sp³-hybridized carbons (Fsp3) is 0.357. The summed E-state index contributed by atoms with van der Waals surface area (Å²) >= 11 is 0. The maximum Gasteiger partial charge on any atom is 0.270 e. The topological polar surface area (TPSA) is 53.0 Å². The Bertz CT molecular complexity index is 554. The van der Waals surface area contributed by atoms with Gasteiger partial charge in [0.05, 0.1) is 0 Å². The van der Waals surface area contributed by atoms with E-state index in [2.05, 4.69) is 5.10 Å². The minimum absolute atomic E-state index is 0.0947. The summed E-state index contributed by atoms with van der Waals surface area (Å²) < 4.78 is 12.8. The van der Waals surface area contributed by atoms with Gasteiger partial charge < -0.3 is 4.90 Å². The third-order valence-electron chi connectivity index (χ3n) is 3.13. The van der Waals surface area contributed by atoms with Crippen LogP contribution >= 0.6 is 0 Å². The van der Waals surface area contributed by atoms with Crippen molar-refractivity contribution < 1.29 is 14.0 Å². The van der Waals surface area contributed by atoms with Gasteiger partial charge in [-0.1, -0.05) is 12.1 Å². The first kappa shape index (κ1) is 14.2. The fourth-order valence-corrected chi connectivity index (χ4v) is 1.98. The predicted molar refractivity (Wildman–Crippen MR) is 72.3 cm³/mol.